The number of pyridine rings is 1. The van der Waals surface area contributed by atoms with Crippen LogP contribution >= 0.6 is 22.9 Å². The highest BCUT2D eigenvalue weighted by Gasteiger charge is 2.15. The van der Waals surface area contributed by atoms with Crippen molar-refractivity contribution in [2.24, 2.45) is 0 Å². The first kappa shape index (κ1) is 21.7. The number of aryl methyl sites for hydroxylation is 1. The number of para-hydroxylation sites is 1. The van der Waals surface area contributed by atoms with Crippen molar-refractivity contribution in [1.29, 1.82) is 0 Å². The maximum atomic E-state index is 12.9. The lowest BCUT2D eigenvalue weighted by Crippen LogP contribution is -2.42. The van der Waals surface area contributed by atoms with Gasteiger partial charge in [-0.3, -0.25) is 25.2 Å². The molecule has 0 fully saturated rings. The van der Waals surface area contributed by atoms with Gasteiger partial charge < -0.3 is 4.57 Å². The summed E-state index contributed by atoms with van der Waals surface area (Å²) in [5, 5.41) is 3.02. The predicted molar refractivity (Wildman–Crippen MR) is 126 cm³/mol. The molecular formula is C23H19ClN4O3S. The molecule has 2 heterocycles. The van der Waals surface area contributed by atoms with Gasteiger partial charge in [0.05, 0.1) is 16.8 Å². The highest BCUT2D eigenvalue weighted by molar-refractivity contribution is 7.07. The predicted octanol–water partition coefficient (Wildman–Crippen LogP) is 3.94. The summed E-state index contributed by atoms with van der Waals surface area (Å²) in [6.07, 6.45) is 0.0604. The monoisotopic (exact) mass is 466 g/mol. The van der Waals surface area contributed by atoms with Crippen LogP contribution in [-0.4, -0.2) is 21.4 Å². The number of carbonyl (C=O) groups excluding carboxylic acids is 2. The fourth-order valence-corrected chi connectivity index (χ4v) is 4.16. The molecule has 7 nitrogen and oxygen atoms in total. The van der Waals surface area contributed by atoms with Gasteiger partial charge in [-0.15, -0.1) is 0 Å². The Bertz CT molecular complexity index is 1360. The number of hydrogen-bond acceptors (Lipinski definition) is 5. The lowest BCUT2D eigenvalue weighted by atomic mass is 10.0. The van der Waals surface area contributed by atoms with E-state index in [2.05, 4.69) is 15.8 Å². The normalized spacial score (nSPS) is 10.8. The lowest BCUT2D eigenvalue weighted by Gasteiger charge is -2.12. The maximum Gasteiger partial charge on any atom is 0.307 e. The number of hydrazine groups is 1. The first-order chi connectivity index (χ1) is 15.4. The van der Waals surface area contributed by atoms with Crippen LogP contribution in [0.4, 0.5) is 0 Å². The van der Waals surface area contributed by atoms with E-state index in [1.165, 1.54) is 4.57 Å². The van der Waals surface area contributed by atoms with E-state index in [4.69, 9.17) is 11.6 Å². The smallest absolute Gasteiger partial charge is 0.303 e. The van der Waals surface area contributed by atoms with Crippen LogP contribution < -0.4 is 15.7 Å². The number of amides is 2. The molecule has 0 unspecified atom stereocenters. The second-order valence-electron chi connectivity index (χ2n) is 7.13. The molecule has 162 valence electrons. The van der Waals surface area contributed by atoms with Crippen molar-refractivity contribution in [3.63, 3.8) is 0 Å². The Labute approximate surface area is 192 Å². The Morgan fingerprint density at radius 1 is 1.09 bits per heavy atom. The molecule has 0 atom stereocenters. The topological polar surface area (TPSA) is 93.1 Å². The molecule has 0 aliphatic carbocycles. The Morgan fingerprint density at radius 3 is 2.56 bits per heavy atom. The molecule has 0 aliphatic heterocycles. The van der Waals surface area contributed by atoms with E-state index in [1.54, 1.807) is 29.6 Å². The number of benzene rings is 2. The number of halogens is 1. The minimum absolute atomic E-state index is 0.0604. The first-order valence-corrected chi connectivity index (χ1v) is 11.1. The number of carbonyl (C=O) groups is 2. The number of thiazole rings is 1. The molecule has 2 aromatic carbocycles. The van der Waals surface area contributed by atoms with Gasteiger partial charge in [0.1, 0.15) is 0 Å². The van der Waals surface area contributed by atoms with Gasteiger partial charge in [0.15, 0.2) is 0 Å². The molecule has 4 aromatic rings. The van der Waals surface area contributed by atoms with Gasteiger partial charge in [-0.2, -0.15) is 0 Å². The average molecular weight is 467 g/mol. The van der Waals surface area contributed by atoms with Gasteiger partial charge >= 0.3 is 4.87 Å². The summed E-state index contributed by atoms with van der Waals surface area (Å²) in [7, 11) is 0. The van der Waals surface area contributed by atoms with E-state index in [0.717, 1.165) is 22.6 Å². The van der Waals surface area contributed by atoms with Crippen molar-refractivity contribution >= 4 is 45.7 Å². The summed E-state index contributed by atoms with van der Waals surface area (Å²) in [6, 6.07) is 16.2. The Hall–Kier alpha value is -3.49. The molecule has 2 aromatic heterocycles. The van der Waals surface area contributed by atoms with Crippen LogP contribution in [0.1, 0.15) is 22.5 Å². The van der Waals surface area contributed by atoms with E-state index < -0.39 is 11.8 Å². The molecule has 2 amide bonds. The summed E-state index contributed by atoms with van der Waals surface area (Å²) < 4.78 is 1.53. The van der Waals surface area contributed by atoms with E-state index in [-0.39, 0.29) is 17.8 Å². The minimum atomic E-state index is -0.462. The van der Waals surface area contributed by atoms with Crippen LogP contribution in [0.5, 0.6) is 0 Å². The van der Waals surface area contributed by atoms with Gasteiger partial charge in [-0.1, -0.05) is 53.3 Å². The maximum absolute atomic E-state index is 12.9. The van der Waals surface area contributed by atoms with Gasteiger partial charge in [0.2, 0.25) is 5.91 Å². The van der Waals surface area contributed by atoms with Crippen LogP contribution in [0.25, 0.3) is 22.2 Å². The summed E-state index contributed by atoms with van der Waals surface area (Å²) in [6.45, 7) is 2.05. The summed E-state index contributed by atoms with van der Waals surface area (Å²) in [4.78, 5) is 41.4. The Morgan fingerprint density at radius 2 is 1.84 bits per heavy atom. The third-order valence-corrected chi connectivity index (χ3v) is 6.09. The van der Waals surface area contributed by atoms with E-state index in [0.29, 0.717) is 27.2 Å². The van der Waals surface area contributed by atoms with Crippen LogP contribution in [0, 0.1) is 6.92 Å². The minimum Gasteiger partial charge on any atom is -0.303 e. The molecule has 2 N–H and O–H groups in total. The van der Waals surface area contributed by atoms with E-state index in [9.17, 15) is 14.4 Å². The zero-order valence-electron chi connectivity index (χ0n) is 17.1. The fourth-order valence-electron chi connectivity index (χ4n) is 3.28. The number of fused-ring (bicyclic) bond motifs is 1. The molecule has 9 heteroatoms. The van der Waals surface area contributed by atoms with Gasteiger partial charge in [0.25, 0.3) is 5.91 Å². The third kappa shape index (κ3) is 4.71. The molecule has 4 rings (SSSR count). The molecule has 0 spiro atoms. The standard InChI is InChI=1S/C23H19ClN4O3S/c1-14-13-32-23(31)28(14)11-10-21(29)26-27-22(30)18-12-20(15-6-8-16(24)9-7-15)25-19-5-3-2-4-17(18)19/h2-9,12-13H,10-11H2,1H3,(H,26,29)(H,27,30). The zero-order chi connectivity index (χ0) is 22.7. The molecule has 0 saturated carbocycles. The average Bonchev–Trinajstić information content (AvgIpc) is 3.12. The Kier molecular flexibility index (Phi) is 6.34. The molecular weight excluding hydrogens is 448 g/mol. The van der Waals surface area contributed by atoms with Crippen molar-refractivity contribution < 1.29 is 9.59 Å². The van der Waals surface area contributed by atoms with Gasteiger partial charge in [-0.25, -0.2) is 4.98 Å². The third-order valence-electron chi connectivity index (χ3n) is 4.96. The SMILES string of the molecule is Cc1csc(=O)n1CCC(=O)NNC(=O)c1cc(-c2ccc(Cl)cc2)nc2ccccc12. The molecule has 0 saturated heterocycles. The van der Waals surface area contributed by atoms with E-state index >= 15 is 0 Å². The summed E-state index contributed by atoms with van der Waals surface area (Å²) in [5.41, 5.74) is 8.16. The lowest BCUT2D eigenvalue weighted by molar-refractivity contribution is -0.122. The largest absolute Gasteiger partial charge is 0.307 e. The van der Waals surface area contributed by atoms with Crippen molar-refractivity contribution in [3.8, 4) is 11.3 Å². The van der Waals surface area contributed by atoms with Crippen LogP contribution in [-0.2, 0) is 11.3 Å². The summed E-state index contributed by atoms with van der Waals surface area (Å²) in [5.74, 6) is -0.858. The quantitative estimate of drug-likeness (QED) is 0.436. The zero-order valence-corrected chi connectivity index (χ0v) is 18.7. The Balaban J connectivity index is 1.51. The first-order valence-electron chi connectivity index (χ1n) is 9.82. The number of hydrogen-bond donors (Lipinski definition) is 2. The number of aromatic nitrogens is 2. The summed E-state index contributed by atoms with van der Waals surface area (Å²) >= 11 is 7.07. The fraction of sp³-hybridized carbons (Fsp3) is 0.130. The molecule has 0 aliphatic rings. The molecule has 0 bridgehead atoms. The number of nitrogens with zero attached hydrogens (tertiary/aromatic N) is 2. The van der Waals surface area contributed by atoms with Crippen LogP contribution in [0.3, 0.4) is 0 Å². The number of rotatable bonds is 5. The second kappa shape index (κ2) is 9.33. The highest BCUT2D eigenvalue weighted by atomic mass is 35.5. The van der Waals surface area contributed by atoms with Gasteiger partial charge in [0, 0.05) is 40.0 Å². The number of nitrogens with one attached hydrogen (secondary N) is 2. The van der Waals surface area contributed by atoms with E-state index in [1.807, 2.05) is 37.3 Å². The van der Waals surface area contributed by atoms with Crippen molar-refractivity contribution in [1.82, 2.24) is 20.4 Å². The van der Waals surface area contributed by atoms with Crippen molar-refractivity contribution in [2.75, 3.05) is 0 Å². The highest BCUT2D eigenvalue weighted by Crippen LogP contribution is 2.25. The van der Waals surface area contributed by atoms with Crippen molar-refractivity contribution in [2.45, 2.75) is 19.9 Å². The molecule has 0 radical (unpaired) electrons. The molecule has 32 heavy (non-hydrogen) atoms. The van der Waals surface area contributed by atoms with Crippen LogP contribution in [0.15, 0.2) is 64.8 Å². The van der Waals surface area contributed by atoms with Gasteiger partial charge in [-0.05, 0) is 31.2 Å². The second-order valence-corrected chi connectivity index (χ2v) is 8.38. The van der Waals surface area contributed by atoms with Crippen LogP contribution in [0.2, 0.25) is 5.02 Å². The van der Waals surface area contributed by atoms with Crippen molar-refractivity contribution in [3.05, 3.63) is 85.9 Å².